The molecule has 0 unspecified atom stereocenters. The van der Waals surface area contributed by atoms with E-state index in [-0.39, 0.29) is 33.6 Å². The highest BCUT2D eigenvalue weighted by Gasteiger charge is 2.33. The van der Waals surface area contributed by atoms with Gasteiger partial charge in [-0.3, -0.25) is 10.1 Å². The van der Waals surface area contributed by atoms with Crippen LogP contribution in [0.1, 0.15) is 12.5 Å². The van der Waals surface area contributed by atoms with Crippen molar-refractivity contribution in [1.82, 2.24) is 0 Å². The van der Waals surface area contributed by atoms with Gasteiger partial charge in [0, 0.05) is 12.1 Å². The smallest absolute Gasteiger partial charge is 0.344 e. The number of phenolic OH excluding ortho intramolecular Hbond substituents is 1. The number of aliphatic hydroxyl groups is 1. The zero-order valence-electron chi connectivity index (χ0n) is 16.6. The zero-order chi connectivity index (χ0) is 22.5. The van der Waals surface area contributed by atoms with E-state index >= 15 is 0 Å². The van der Waals surface area contributed by atoms with Crippen molar-refractivity contribution in [2.75, 3.05) is 13.7 Å². The first-order valence-electron chi connectivity index (χ1n) is 9.04. The number of phenols is 1. The van der Waals surface area contributed by atoms with Gasteiger partial charge in [-0.25, -0.2) is 9.79 Å². The number of ether oxygens (including phenoxy) is 2. The van der Waals surface area contributed by atoms with Gasteiger partial charge in [0.1, 0.15) is 16.4 Å². The Hall–Kier alpha value is -3.79. The Bertz CT molecular complexity index is 1120. The summed E-state index contributed by atoms with van der Waals surface area (Å²) in [5, 5.41) is 31.5. The lowest BCUT2D eigenvalue weighted by Crippen LogP contribution is -2.10. The summed E-state index contributed by atoms with van der Waals surface area (Å²) in [6, 6.07) is 10.2. The largest absolute Gasteiger partial charge is 0.506 e. The number of non-ortho nitro benzene ring substituents is 1. The van der Waals surface area contributed by atoms with Gasteiger partial charge in [-0.15, -0.1) is 0 Å². The van der Waals surface area contributed by atoms with Crippen LogP contribution in [0.15, 0.2) is 63.7 Å². The molecule has 0 atom stereocenters. The van der Waals surface area contributed by atoms with Crippen molar-refractivity contribution in [3.63, 3.8) is 0 Å². The molecular weight excluding hydrogens is 424 g/mol. The van der Waals surface area contributed by atoms with Crippen LogP contribution in [-0.4, -0.2) is 39.9 Å². The van der Waals surface area contributed by atoms with Crippen molar-refractivity contribution in [2.24, 2.45) is 4.99 Å². The van der Waals surface area contributed by atoms with E-state index in [1.165, 1.54) is 37.4 Å². The topological polar surface area (TPSA) is 131 Å². The standard InChI is InChI=1S/C21H18N2O7S/c1-3-30-16-10-12(4-9-15(16)24)11-17-19(25)18(21(26)29-2)20(31-17)22-13-5-7-14(8-6-13)23(27)28/h4-11,24-25H,3H2,1-2H3. The summed E-state index contributed by atoms with van der Waals surface area (Å²) in [6.45, 7) is 2.15. The predicted octanol–water partition coefficient (Wildman–Crippen LogP) is 4.50. The van der Waals surface area contributed by atoms with Crippen molar-refractivity contribution in [3.8, 4) is 11.5 Å². The molecule has 9 nitrogen and oxygen atoms in total. The molecule has 1 heterocycles. The lowest BCUT2D eigenvalue weighted by Gasteiger charge is -2.06. The fraction of sp³-hybridized carbons (Fsp3) is 0.143. The molecule has 0 aliphatic carbocycles. The minimum absolute atomic E-state index is 0.0153. The molecular formula is C21H18N2O7S. The van der Waals surface area contributed by atoms with Crippen LogP contribution in [0.3, 0.4) is 0 Å². The van der Waals surface area contributed by atoms with Crippen molar-refractivity contribution in [1.29, 1.82) is 0 Å². The Morgan fingerprint density at radius 2 is 1.94 bits per heavy atom. The van der Waals surface area contributed by atoms with Gasteiger partial charge in [0.15, 0.2) is 11.5 Å². The minimum Gasteiger partial charge on any atom is -0.506 e. The van der Waals surface area contributed by atoms with Gasteiger partial charge in [-0.1, -0.05) is 17.8 Å². The molecule has 160 valence electrons. The summed E-state index contributed by atoms with van der Waals surface area (Å²) < 4.78 is 10.1. The van der Waals surface area contributed by atoms with E-state index in [0.717, 1.165) is 11.8 Å². The van der Waals surface area contributed by atoms with Gasteiger partial charge in [0.25, 0.3) is 5.69 Å². The van der Waals surface area contributed by atoms with Crippen LogP contribution in [0.25, 0.3) is 6.08 Å². The molecule has 2 aromatic rings. The molecule has 1 aliphatic heterocycles. The first-order valence-corrected chi connectivity index (χ1v) is 9.86. The fourth-order valence-corrected chi connectivity index (χ4v) is 3.73. The summed E-state index contributed by atoms with van der Waals surface area (Å²) in [6.07, 6.45) is 1.61. The Labute approximate surface area is 181 Å². The van der Waals surface area contributed by atoms with Crippen molar-refractivity contribution in [2.45, 2.75) is 6.92 Å². The molecule has 0 saturated heterocycles. The third-order valence-electron chi connectivity index (χ3n) is 4.15. The maximum Gasteiger partial charge on any atom is 0.344 e. The number of hydrogen-bond acceptors (Lipinski definition) is 9. The van der Waals surface area contributed by atoms with Gasteiger partial charge in [0.2, 0.25) is 0 Å². The molecule has 10 heteroatoms. The van der Waals surface area contributed by atoms with E-state index in [0.29, 0.717) is 22.8 Å². The molecule has 1 aliphatic rings. The van der Waals surface area contributed by atoms with Crippen LogP contribution in [0, 0.1) is 10.1 Å². The number of benzene rings is 2. The van der Waals surface area contributed by atoms with E-state index in [4.69, 9.17) is 9.47 Å². The molecule has 0 fully saturated rings. The van der Waals surface area contributed by atoms with E-state index in [2.05, 4.69) is 4.99 Å². The van der Waals surface area contributed by atoms with E-state index in [1.807, 2.05) is 0 Å². The number of aliphatic imine (C=N–C) groups is 1. The number of carbonyl (C=O) groups excluding carboxylic acids is 1. The predicted molar refractivity (Wildman–Crippen MR) is 117 cm³/mol. The number of thioether (sulfide) groups is 1. The van der Waals surface area contributed by atoms with Crippen LogP contribution < -0.4 is 4.74 Å². The summed E-state index contributed by atoms with van der Waals surface area (Å²) in [5.74, 6) is -0.798. The SMILES string of the molecule is CCOc1cc(C=C2SC(=Nc3ccc([N+](=O)[O-])cc3)C(C(=O)OC)=C2O)ccc1O. The third-order valence-corrected chi connectivity index (χ3v) is 5.17. The first-order chi connectivity index (χ1) is 14.8. The van der Waals surface area contributed by atoms with E-state index < -0.39 is 10.9 Å². The molecule has 0 aromatic heterocycles. The van der Waals surface area contributed by atoms with Crippen LogP contribution in [0.2, 0.25) is 0 Å². The molecule has 0 spiro atoms. The first kappa shape index (κ1) is 21.9. The maximum atomic E-state index is 12.2. The summed E-state index contributed by atoms with van der Waals surface area (Å²) in [5.41, 5.74) is 0.788. The lowest BCUT2D eigenvalue weighted by atomic mass is 10.1. The van der Waals surface area contributed by atoms with Gasteiger partial charge in [-0.2, -0.15) is 0 Å². The second kappa shape index (κ2) is 9.35. The van der Waals surface area contributed by atoms with Gasteiger partial charge in [0.05, 0.1) is 29.2 Å². The van der Waals surface area contributed by atoms with Gasteiger partial charge < -0.3 is 19.7 Å². The van der Waals surface area contributed by atoms with Crippen LogP contribution in [0.5, 0.6) is 11.5 Å². The van der Waals surface area contributed by atoms with Crippen LogP contribution >= 0.6 is 11.8 Å². The number of aromatic hydroxyl groups is 1. The van der Waals surface area contributed by atoms with Crippen molar-refractivity contribution < 1.29 is 29.4 Å². The maximum absolute atomic E-state index is 12.2. The molecule has 3 rings (SSSR count). The van der Waals surface area contributed by atoms with Gasteiger partial charge >= 0.3 is 5.97 Å². The monoisotopic (exact) mass is 442 g/mol. The normalized spacial score (nSPS) is 16.1. The number of nitro groups is 1. The number of carbonyl (C=O) groups is 1. The number of rotatable bonds is 6. The summed E-state index contributed by atoms with van der Waals surface area (Å²) >= 11 is 1.04. The highest BCUT2D eigenvalue weighted by atomic mass is 32.2. The molecule has 0 amide bonds. The van der Waals surface area contributed by atoms with Crippen molar-refractivity contribution in [3.05, 3.63) is 74.4 Å². The van der Waals surface area contributed by atoms with Gasteiger partial charge in [-0.05, 0) is 42.8 Å². The molecule has 2 aromatic carbocycles. The van der Waals surface area contributed by atoms with Crippen LogP contribution in [-0.2, 0) is 9.53 Å². The second-order valence-corrected chi connectivity index (χ2v) is 7.21. The summed E-state index contributed by atoms with van der Waals surface area (Å²) in [4.78, 5) is 27.2. The van der Waals surface area contributed by atoms with Crippen molar-refractivity contribution >= 4 is 40.2 Å². The van der Waals surface area contributed by atoms with E-state index in [1.54, 1.807) is 25.1 Å². The Morgan fingerprint density at radius 1 is 1.23 bits per heavy atom. The fourth-order valence-electron chi connectivity index (χ4n) is 2.70. The average Bonchev–Trinajstić information content (AvgIpc) is 3.05. The highest BCUT2D eigenvalue weighted by Crippen LogP contribution is 2.41. The quantitative estimate of drug-likeness (QED) is 0.380. The minimum atomic E-state index is -0.769. The van der Waals surface area contributed by atoms with Crippen LogP contribution in [0.4, 0.5) is 11.4 Å². The average molecular weight is 442 g/mol. The number of methoxy groups -OCH3 is 1. The number of nitro benzene ring substituents is 1. The number of aliphatic hydroxyl groups excluding tert-OH is 1. The molecule has 0 saturated carbocycles. The molecule has 31 heavy (non-hydrogen) atoms. The third kappa shape index (κ3) is 4.86. The Kier molecular flexibility index (Phi) is 6.61. The Balaban J connectivity index is 2.00. The lowest BCUT2D eigenvalue weighted by molar-refractivity contribution is -0.384. The molecule has 2 N–H and O–H groups in total. The molecule has 0 bridgehead atoms. The highest BCUT2D eigenvalue weighted by molar-refractivity contribution is 8.18. The van der Waals surface area contributed by atoms with E-state index in [9.17, 15) is 25.1 Å². The number of hydrogen-bond donors (Lipinski definition) is 2. The Morgan fingerprint density at radius 3 is 2.55 bits per heavy atom. The number of esters is 1. The number of nitrogens with zero attached hydrogens (tertiary/aromatic N) is 2. The zero-order valence-corrected chi connectivity index (χ0v) is 17.4. The molecule has 0 radical (unpaired) electrons. The second-order valence-electron chi connectivity index (χ2n) is 6.18. The summed E-state index contributed by atoms with van der Waals surface area (Å²) in [7, 11) is 1.19.